The molecule has 1 unspecified atom stereocenters. The van der Waals surface area contributed by atoms with Crippen molar-refractivity contribution in [3.63, 3.8) is 0 Å². The monoisotopic (exact) mass is 160 g/mol. The van der Waals surface area contributed by atoms with Crippen molar-refractivity contribution in [2.75, 3.05) is 12.0 Å². The summed E-state index contributed by atoms with van der Waals surface area (Å²) < 4.78 is 10.1. The van der Waals surface area contributed by atoms with Crippen LogP contribution in [-0.4, -0.2) is 16.9 Å². The van der Waals surface area contributed by atoms with Crippen LogP contribution >= 0.6 is 30.4 Å². The van der Waals surface area contributed by atoms with E-state index < -0.39 is 6.57 Å². The summed E-state index contributed by atoms with van der Waals surface area (Å²) in [6, 6.07) is 0. The first kappa shape index (κ1) is 7.83. The van der Waals surface area contributed by atoms with E-state index in [1.165, 1.54) is 0 Å². The van der Waals surface area contributed by atoms with E-state index in [2.05, 4.69) is 12.2 Å². The molecule has 0 rings (SSSR count). The average molecular weight is 161 g/mol. The molecule has 44 valence electrons. The second-order valence-electron chi connectivity index (χ2n) is 1.08. The summed E-state index contributed by atoms with van der Waals surface area (Å²) in [4.78, 5) is 8.35. The molecule has 0 bridgehead atoms. The highest BCUT2D eigenvalue weighted by Crippen LogP contribution is 2.44. The summed E-state index contributed by atoms with van der Waals surface area (Å²) in [7, 11) is 0. The van der Waals surface area contributed by atoms with Crippen molar-refractivity contribution in [2.24, 2.45) is 0 Å². The number of alkyl halides is 1. The van der Waals surface area contributed by atoms with Gasteiger partial charge in [0.05, 0.1) is 0 Å². The summed E-state index contributed by atoms with van der Waals surface area (Å²) in [5.41, 5.74) is 0. The fourth-order valence-corrected chi connectivity index (χ4v) is 1.67. The topological polar surface area (TPSA) is 37.3 Å². The molecule has 0 aliphatic rings. The van der Waals surface area contributed by atoms with Gasteiger partial charge in [-0.3, -0.25) is 4.57 Å². The Kier molecular flexibility index (Phi) is 3.33. The zero-order chi connectivity index (χ0) is 5.91. The molecule has 2 nitrogen and oxygen atoms in total. The summed E-state index contributed by atoms with van der Waals surface area (Å²) >= 11 is 8.47. The highest BCUT2D eigenvalue weighted by Gasteiger charge is 2.07. The average Bonchev–Trinajstić information content (AvgIpc) is 1.30. The third-order valence-electron chi connectivity index (χ3n) is 0.376. The normalized spacial score (nSPS) is 18.7. The smallest absolute Gasteiger partial charge is 0.253 e. The molecule has 1 N–H and O–H groups in total. The summed E-state index contributed by atoms with van der Waals surface area (Å²) in [6.07, 6.45) is 0.0810. The maximum absolute atomic E-state index is 10.1. The highest BCUT2D eigenvalue weighted by molar-refractivity contribution is 8.46. The fraction of sp³-hybridized carbons (Fsp3) is 1.00. The molecule has 0 heterocycles. The van der Waals surface area contributed by atoms with E-state index in [1.807, 2.05) is 0 Å². The molecular formula is C2H6ClO2PS. The quantitative estimate of drug-likeness (QED) is 0.364. The van der Waals surface area contributed by atoms with E-state index in [9.17, 15) is 4.57 Å². The second-order valence-corrected chi connectivity index (χ2v) is 5.11. The van der Waals surface area contributed by atoms with Gasteiger partial charge in [-0.1, -0.05) is 12.2 Å². The molecule has 0 fully saturated rings. The summed E-state index contributed by atoms with van der Waals surface area (Å²) in [5.74, 6) is 0.192. The third kappa shape index (κ3) is 6.83. The van der Waals surface area contributed by atoms with E-state index in [4.69, 9.17) is 16.5 Å². The SMILES string of the molecule is O=P(O)(S)CCCl. The first-order valence-corrected chi connectivity index (χ1v) is 5.20. The molecule has 0 radical (unpaired) electrons. The van der Waals surface area contributed by atoms with Crippen LogP contribution in [-0.2, 0) is 4.57 Å². The molecule has 5 heteroatoms. The van der Waals surface area contributed by atoms with Crippen LogP contribution in [0.3, 0.4) is 0 Å². The van der Waals surface area contributed by atoms with Gasteiger partial charge in [-0.15, -0.1) is 11.6 Å². The predicted octanol–water partition coefficient (Wildman–Crippen LogP) is 1.34. The van der Waals surface area contributed by atoms with Crippen molar-refractivity contribution in [1.82, 2.24) is 0 Å². The van der Waals surface area contributed by atoms with Gasteiger partial charge in [-0.2, -0.15) is 0 Å². The lowest BCUT2D eigenvalue weighted by atomic mass is 11.0. The fourth-order valence-electron chi connectivity index (χ4n) is 0.110. The van der Waals surface area contributed by atoms with Gasteiger partial charge >= 0.3 is 0 Å². The van der Waals surface area contributed by atoms with Gasteiger partial charge in [0.25, 0.3) is 6.57 Å². The van der Waals surface area contributed by atoms with Gasteiger partial charge in [0, 0.05) is 12.0 Å². The van der Waals surface area contributed by atoms with E-state index in [0.717, 1.165) is 0 Å². The number of hydrogen-bond acceptors (Lipinski definition) is 1. The van der Waals surface area contributed by atoms with Gasteiger partial charge in [0.15, 0.2) is 0 Å². The Morgan fingerprint density at radius 3 is 2.29 bits per heavy atom. The molecule has 0 aromatic heterocycles. The number of rotatable bonds is 2. The van der Waals surface area contributed by atoms with E-state index in [-0.39, 0.29) is 12.0 Å². The van der Waals surface area contributed by atoms with Crippen LogP contribution in [0.25, 0.3) is 0 Å². The number of halogens is 1. The molecule has 0 saturated heterocycles. The van der Waals surface area contributed by atoms with Crippen LogP contribution in [0.2, 0.25) is 0 Å². The lowest BCUT2D eigenvalue weighted by Gasteiger charge is -1.96. The van der Waals surface area contributed by atoms with Crippen LogP contribution in [0, 0.1) is 0 Å². The Morgan fingerprint density at radius 2 is 2.29 bits per heavy atom. The molecule has 0 aliphatic carbocycles. The Morgan fingerprint density at radius 1 is 1.86 bits per heavy atom. The first-order chi connectivity index (χ1) is 3.06. The number of hydrogen-bond donors (Lipinski definition) is 2. The van der Waals surface area contributed by atoms with Crippen molar-refractivity contribution in [1.29, 1.82) is 0 Å². The zero-order valence-corrected chi connectivity index (χ0v) is 6.09. The van der Waals surface area contributed by atoms with Crippen LogP contribution in [0.4, 0.5) is 0 Å². The van der Waals surface area contributed by atoms with E-state index in [0.29, 0.717) is 0 Å². The highest BCUT2D eigenvalue weighted by atomic mass is 35.5. The maximum Gasteiger partial charge on any atom is 0.253 e. The minimum atomic E-state index is -3.10. The molecule has 7 heavy (non-hydrogen) atoms. The first-order valence-electron chi connectivity index (χ1n) is 1.67. The predicted molar refractivity (Wildman–Crippen MR) is 34.4 cm³/mol. The number of thiol groups is 1. The molecule has 1 atom stereocenters. The van der Waals surface area contributed by atoms with Crippen LogP contribution < -0.4 is 0 Å². The second kappa shape index (κ2) is 2.98. The van der Waals surface area contributed by atoms with Gasteiger partial charge in [-0.05, 0) is 0 Å². The minimum absolute atomic E-state index is 0.0810. The molecule has 0 amide bonds. The summed E-state index contributed by atoms with van der Waals surface area (Å²) in [5, 5.41) is 0. The molecule has 0 spiro atoms. The Balaban J connectivity index is 3.36. The summed E-state index contributed by atoms with van der Waals surface area (Å²) in [6.45, 7) is -3.10. The third-order valence-corrected chi connectivity index (χ3v) is 2.23. The minimum Gasteiger partial charge on any atom is -0.337 e. The van der Waals surface area contributed by atoms with Crippen molar-refractivity contribution in [2.45, 2.75) is 0 Å². The van der Waals surface area contributed by atoms with Crippen molar-refractivity contribution in [3.8, 4) is 0 Å². The van der Waals surface area contributed by atoms with E-state index in [1.54, 1.807) is 0 Å². The van der Waals surface area contributed by atoms with Crippen molar-refractivity contribution in [3.05, 3.63) is 0 Å². The maximum atomic E-state index is 10.1. The molecule has 0 saturated carbocycles. The molecule has 0 aromatic carbocycles. The Hall–Kier alpha value is 0.830. The zero-order valence-electron chi connectivity index (χ0n) is 3.54. The van der Waals surface area contributed by atoms with Gasteiger partial charge < -0.3 is 4.89 Å². The lowest BCUT2D eigenvalue weighted by molar-refractivity contribution is 0.499. The molecular weight excluding hydrogens is 155 g/mol. The van der Waals surface area contributed by atoms with Crippen LogP contribution in [0.1, 0.15) is 0 Å². The van der Waals surface area contributed by atoms with Crippen molar-refractivity contribution >= 4 is 30.4 Å². The van der Waals surface area contributed by atoms with Crippen LogP contribution in [0.5, 0.6) is 0 Å². The van der Waals surface area contributed by atoms with Crippen LogP contribution in [0.15, 0.2) is 0 Å². The van der Waals surface area contributed by atoms with Crippen molar-refractivity contribution < 1.29 is 9.46 Å². The van der Waals surface area contributed by atoms with Gasteiger partial charge in [0.1, 0.15) is 0 Å². The Labute approximate surface area is 52.5 Å². The molecule has 0 aliphatic heterocycles. The van der Waals surface area contributed by atoms with E-state index >= 15 is 0 Å². The van der Waals surface area contributed by atoms with Gasteiger partial charge in [0.2, 0.25) is 0 Å². The largest absolute Gasteiger partial charge is 0.337 e. The standard InChI is InChI=1S/C2H6ClO2PS/c3-1-2-6(4,5)7/h1-2H2,(H2,4,5,7). The Bertz CT molecular complexity index is 89.7. The van der Waals surface area contributed by atoms with Gasteiger partial charge in [-0.25, -0.2) is 0 Å². The molecule has 0 aromatic rings. The lowest BCUT2D eigenvalue weighted by Crippen LogP contribution is -1.80.